The number of morpholine rings is 1. The fourth-order valence-corrected chi connectivity index (χ4v) is 2.89. The van der Waals surface area contributed by atoms with Crippen molar-refractivity contribution < 1.29 is 14.3 Å². The second kappa shape index (κ2) is 7.98. The molecule has 1 N–H and O–H groups in total. The Bertz CT molecular complexity index is 735. The lowest BCUT2D eigenvalue weighted by atomic mass is 10.1. The standard InChI is InChI=1S/C19H23N3O3/c1-20-18-8-4-7-16(21-18)17-13-22(9-10-25-17)19(23)12-14-5-3-6-15(11-14)24-2/h3-8,11,17H,9-10,12-13H2,1-2H3,(H,20,21)/t17-/m0/s1. The van der Waals surface area contributed by atoms with Gasteiger partial charge in [0.1, 0.15) is 17.7 Å². The first-order valence-electron chi connectivity index (χ1n) is 8.36. The van der Waals surface area contributed by atoms with Gasteiger partial charge in [-0.15, -0.1) is 0 Å². The van der Waals surface area contributed by atoms with Crippen LogP contribution in [0.3, 0.4) is 0 Å². The van der Waals surface area contributed by atoms with Gasteiger partial charge in [0.2, 0.25) is 5.91 Å². The highest BCUT2D eigenvalue weighted by atomic mass is 16.5. The summed E-state index contributed by atoms with van der Waals surface area (Å²) in [5, 5.41) is 3.02. The molecular weight excluding hydrogens is 318 g/mol. The molecule has 1 aliphatic rings. The molecule has 25 heavy (non-hydrogen) atoms. The summed E-state index contributed by atoms with van der Waals surface area (Å²) in [4.78, 5) is 19.0. The molecular formula is C19H23N3O3. The maximum atomic E-state index is 12.7. The van der Waals surface area contributed by atoms with Crippen LogP contribution < -0.4 is 10.1 Å². The summed E-state index contributed by atoms with van der Waals surface area (Å²) < 4.78 is 11.0. The Balaban J connectivity index is 1.66. The van der Waals surface area contributed by atoms with Gasteiger partial charge in [-0.3, -0.25) is 4.79 Å². The van der Waals surface area contributed by atoms with E-state index in [9.17, 15) is 4.79 Å². The smallest absolute Gasteiger partial charge is 0.227 e. The Labute approximate surface area is 147 Å². The highest BCUT2D eigenvalue weighted by Gasteiger charge is 2.26. The molecule has 6 heteroatoms. The lowest BCUT2D eigenvalue weighted by Crippen LogP contribution is -2.43. The number of nitrogens with zero attached hydrogens (tertiary/aromatic N) is 2. The van der Waals surface area contributed by atoms with Crippen LogP contribution in [-0.2, 0) is 16.0 Å². The van der Waals surface area contributed by atoms with Crippen LogP contribution in [0.2, 0.25) is 0 Å². The molecule has 132 valence electrons. The first-order valence-corrected chi connectivity index (χ1v) is 8.36. The topological polar surface area (TPSA) is 63.7 Å². The maximum absolute atomic E-state index is 12.7. The number of carbonyl (C=O) groups excluding carboxylic acids is 1. The third kappa shape index (κ3) is 4.28. The number of rotatable bonds is 5. The number of pyridine rings is 1. The van der Waals surface area contributed by atoms with Crippen LogP contribution in [0.4, 0.5) is 5.82 Å². The molecule has 1 saturated heterocycles. The lowest BCUT2D eigenvalue weighted by molar-refractivity contribution is -0.138. The van der Waals surface area contributed by atoms with E-state index in [0.717, 1.165) is 22.8 Å². The Hall–Kier alpha value is -2.60. The number of ether oxygens (including phenoxy) is 2. The Morgan fingerprint density at radius 1 is 1.36 bits per heavy atom. The van der Waals surface area contributed by atoms with Crippen molar-refractivity contribution in [2.45, 2.75) is 12.5 Å². The molecule has 0 saturated carbocycles. The van der Waals surface area contributed by atoms with Crippen LogP contribution in [0.5, 0.6) is 5.75 Å². The summed E-state index contributed by atoms with van der Waals surface area (Å²) in [6, 6.07) is 13.4. The quantitative estimate of drug-likeness (QED) is 0.904. The van der Waals surface area contributed by atoms with Gasteiger partial charge in [0.05, 0.1) is 32.4 Å². The van der Waals surface area contributed by atoms with Gasteiger partial charge >= 0.3 is 0 Å². The number of anilines is 1. The molecule has 1 atom stereocenters. The van der Waals surface area contributed by atoms with E-state index in [1.165, 1.54) is 0 Å². The molecule has 2 heterocycles. The third-order valence-corrected chi connectivity index (χ3v) is 4.27. The number of nitrogens with one attached hydrogen (secondary N) is 1. The van der Waals surface area contributed by atoms with Gasteiger partial charge in [0.15, 0.2) is 0 Å². The average molecular weight is 341 g/mol. The molecule has 1 aliphatic heterocycles. The predicted molar refractivity (Wildman–Crippen MR) is 95.8 cm³/mol. The van der Waals surface area contributed by atoms with E-state index in [1.54, 1.807) is 7.11 Å². The first kappa shape index (κ1) is 17.2. The van der Waals surface area contributed by atoms with Crippen LogP contribution in [0.15, 0.2) is 42.5 Å². The van der Waals surface area contributed by atoms with Crippen LogP contribution >= 0.6 is 0 Å². The zero-order chi connectivity index (χ0) is 17.6. The predicted octanol–water partition coefficient (Wildman–Crippen LogP) is 2.27. The highest BCUT2D eigenvalue weighted by molar-refractivity contribution is 5.79. The largest absolute Gasteiger partial charge is 0.497 e. The lowest BCUT2D eigenvalue weighted by Gasteiger charge is -2.33. The van der Waals surface area contributed by atoms with E-state index >= 15 is 0 Å². The molecule has 0 spiro atoms. The minimum absolute atomic E-state index is 0.0892. The maximum Gasteiger partial charge on any atom is 0.227 e. The summed E-state index contributed by atoms with van der Waals surface area (Å²) in [6.45, 7) is 1.63. The third-order valence-electron chi connectivity index (χ3n) is 4.27. The number of amides is 1. The summed E-state index contributed by atoms with van der Waals surface area (Å²) in [6.07, 6.45) is 0.157. The number of hydrogen-bond acceptors (Lipinski definition) is 5. The van der Waals surface area contributed by atoms with Crippen molar-refractivity contribution in [3.63, 3.8) is 0 Å². The minimum Gasteiger partial charge on any atom is -0.497 e. The molecule has 0 aliphatic carbocycles. The molecule has 1 fully saturated rings. The molecule has 6 nitrogen and oxygen atoms in total. The van der Waals surface area contributed by atoms with E-state index < -0.39 is 0 Å². The summed E-state index contributed by atoms with van der Waals surface area (Å²) >= 11 is 0. The van der Waals surface area contributed by atoms with Gasteiger partial charge in [-0.1, -0.05) is 18.2 Å². The number of aromatic nitrogens is 1. The number of benzene rings is 1. The zero-order valence-corrected chi connectivity index (χ0v) is 14.6. The first-order chi connectivity index (χ1) is 12.2. The minimum atomic E-state index is -0.198. The van der Waals surface area contributed by atoms with Crippen LogP contribution in [0.1, 0.15) is 17.4 Å². The number of hydrogen-bond donors (Lipinski definition) is 1. The fraction of sp³-hybridized carbons (Fsp3) is 0.368. The molecule has 1 aromatic heterocycles. The zero-order valence-electron chi connectivity index (χ0n) is 14.6. The van der Waals surface area contributed by atoms with Crippen LogP contribution in [-0.4, -0.2) is 49.6 Å². The molecule has 0 unspecified atom stereocenters. The molecule has 0 bridgehead atoms. The van der Waals surface area contributed by atoms with Crippen LogP contribution in [0.25, 0.3) is 0 Å². The van der Waals surface area contributed by atoms with Crippen LogP contribution in [0, 0.1) is 0 Å². The molecule has 1 amide bonds. The van der Waals surface area contributed by atoms with Gasteiger partial charge in [0, 0.05) is 13.6 Å². The Morgan fingerprint density at radius 2 is 2.20 bits per heavy atom. The van der Waals surface area contributed by atoms with E-state index in [-0.39, 0.29) is 12.0 Å². The van der Waals surface area contributed by atoms with Crippen molar-refractivity contribution in [2.75, 3.05) is 39.2 Å². The van der Waals surface area contributed by atoms with E-state index in [4.69, 9.17) is 9.47 Å². The van der Waals surface area contributed by atoms with Crippen molar-refractivity contribution in [3.05, 3.63) is 53.7 Å². The normalized spacial score (nSPS) is 17.2. The number of carbonyl (C=O) groups is 1. The van der Waals surface area contributed by atoms with E-state index in [2.05, 4.69) is 10.3 Å². The van der Waals surface area contributed by atoms with Crippen molar-refractivity contribution in [2.24, 2.45) is 0 Å². The van der Waals surface area contributed by atoms with E-state index in [1.807, 2.05) is 54.4 Å². The second-order valence-corrected chi connectivity index (χ2v) is 5.93. The van der Waals surface area contributed by atoms with Gasteiger partial charge in [0.25, 0.3) is 0 Å². The average Bonchev–Trinajstić information content (AvgIpc) is 2.68. The van der Waals surface area contributed by atoms with Gasteiger partial charge < -0.3 is 19.7 Å². The fourth-order valence-electron chi connectivity index (χ4n) is 2.89. The Morgan fingerprint density at radius 3 is 3.00 bits per heavy atom. The van der Waals surface area contributed by atoms with Gasteiger partial charge in [-0.25, -0.2) is 4.98 Å². The SMILES string of the molecule is CNc1cccc([C@@H]2CN(C(=O)Cc3cccc(OC)c3)CCO2)n1. The molecule has 1 aromatic carbocycles. The van der Waals surface area contributed by atoms with Gasteiger partial charge in [-0.05, 0) is 29.8 Å². The van der Waals surface area contributed by atoms with Crippen molar-refractivity contribution in [3.8, 4) is 5.75 Å². The molecule has 2 aromatic rings. The molecule has 3 rings (SSSR count). The Kier molecular flexibility index (Phi) is 5.50. The number of methoxy groups -OCH3 is 1. The summed E-state index contributed by atoms with van der Waals surface area (Å²) in [5.41, 5.74) is 1.79. The van der Waals surface area contributed by atoms with E-state index in [0.29, 0.717) is 26.1 Å². The monoisotopic (exact) mass is 341 g/mol. The van der Waals surface area contributed by atoms with Crippen molar-refractivity contribution >= 4 is 11.7 Å². The highest BCUT2D eigenvalue weighted by Crippen LogP contribution is 2.22. The summed E-state index contributed by atoms with van der Waals surface area (Å²) in [5.74, 6) is 1.64. The van der Waals surface area contributed by atoms with Crippen molar-refractivity contribution in [1.82, 2.24) is 9.88 Å². The second-order valence-electron chi connectivity index (χ2n) is 5.93. The summed E-state index contributed by atoms with van der Waals surface area (Å²) in [7, 11) is 3.46. The van der Waals surface area contributed by atoms with Gasteiger partial charge in [-0.2, -0.15) is 0 Å². The molecule has 0 radical (unpaired) electrons. The van der Waals surface area contributed by atoms with Crippen molar-refractivity contribution in [1.29, 1.82) is 0 Å².